The average molecular weight is 350 g/mol. The predicted molar refractivity (Wildman–Crippen MR) is 107 cm³/mol. The van der Waals surface area contributed by atoms with Gasteiger partial charge in [0, 0.05) is 13.1 Å². The second-order valence-electron chi connectivity index (χ2n) is 6.68. The first-order valence-corrected chi connectivity index (χ1v) is 9.07. The van der Waals surface area contributed by atoms with Gasteiger partial charge in [-0.05, 0) is 44.8 Å². The number of nitrogens with zero attached hydrogens (tertiary/aromatic N) is 3. The van der Waals surface area contributed by atoms with Crippen molar-refractivity contribution in [2.45, 2.75) is 19.4 Å². The molecule has 3 rings (SSSR count). The SMILES string of the molecule is CCC(NCCN(C)C)c1nc2ccccc2c(=O)n1-c1ccccc1. The minimum Gasteiger partial charge on any atom is -0.308 e. The molecule has 0 saturated carbocycles. The van der Waals surface area contributed by atoms with Crippen LogP contribution in [0.15, 0.2) is 59.4 Å². The molecular formula is C21H26N4O. The molecule has 26 heavy (non-hydrogen) atoms. The predicted octanol–water partition coefficient (Wildman–Crippen LogP) is 2.99. The molecule has 0 aliphatic rings. The van der Waals surface area contributed by atoms with E-state index in [-0.39, 0.29) is 11.6 Å². The number of fused-ring (bicyclic) bond motifs is 1. The van der Waals surface area contributed by atoms with Gasteiger partial charge in [-0.1, -0.05) is 37.3 Å². The van der Waals surface area contributed by atoms with Crippen LogP contribution < -0.4 is 10.9 Å². The maximum Gasteiger partial charge on any atom is 0.266 e. The van der Waals surface area contributed by atoms with Crippen molar-refractivity contribution < 1.29 is 0 Å². The second-order valence-corrected chi connectivity index (χ2v) is 6.68. The third-order valence-electron chi connectivity index (χ3n) is 4.49. The summed E-state index contributed by atoms with van der Waals surface area (Å²) in [6, 6.07) is 17.3. The maximum atomic E-state index is 13.2. The lowest BCUT2D eigenvalue weighted by atomic mass is 10.1. The summed E-state index contributed by atoms with van der Waals surface area (Å²) in [7, 11) is 4.10. The van der Waals surface area contributed by atoms with Gasteiger partial charge in [-0.2, -0.15) is 0 Å². The number of nitrogens with one attached hydrogen (secondary N) is 1. The number of para-hydroxylation sites is 2. The maximum absolute atomic E-state index is 13.2. The van der Waals surface area contributed by atoms with Gasteiger partial charge in [-0.3, -0.25) is 9.36 Å². The van der Waals surface area contributed by atoms with Gasteiger partial charge < -0.3 is 10.2 Å². The fourth-order valence-corrected chi connectivity index (χ4v) is 3.09. The Balaban J connectivity index is 2.14. The van der Waals surface area contributed by atoms with E-state index >= 15 is 0 Å². The third kappa shape index (κ3) is 3.84. The number of benzene rings is 2. The summed E-state index contributed by atoms with van der Waals surface area (Å²) in [4.78, 5) is 20.2. The number of rotatable bonds is 7. The molecule has 136 valence electrons. The van der Waals surface area contributed by atoms with E-state index in [2.05, 4.69) is 31.2 Å². The second kappa shape index (κ2) is 8.25. The van der Waals surface area contributed by atoms with Crippen LogP contribution in [0.5, 0.6) is 0 Å². The summed E-state index contributed by atoms with van der Waals surface area (Å²) in [5, 5.41) is 4.20. The van der Waals surface area contributed by atoms with Crippen molar-refractivity contribution in [2.24, 2.45) is 0 Å². The molecule has 1 unspecified atom stereocenters. The van der Waals surface area contributed by atoms with Crippen molar-refractivity contribution in [3.8, 4) is 5.69 Å². The van der Waals surface area contributed by atoms with Gasteiger partial charge in [0.25, 0.3) is 5.56 Å². The van der Waals surface area contributed by atoms with Crippen molar-refractivity contribution >= 4 is 10.9 Å². The standard InChI is InChI=1S/C21H26N4O/c1-4-18(22-14-15-24(2)3)20-23-19-13-9-8-12-17(19)21(26)25(20)16-10-6-5-7-11-16/h5-13,18,22H,4,14-15H2,1-3H3. The molecule has 1 heterocycles. The van der Waals surface area contributed by atoms with Crippen molar-refractivity contribution in [3.63, 3.8) is 0 Å². The fraction of sp³-hybridized carbons (Fsp3) is 0.333. The Kier molecular flexibility index (Phi) is 5.81. The van der Waals surface area contributed by atoms with Crippen LogP contribution in [-0.2, 0) is 0 Å². The monoisotopic (exact) mass is 350 g/mol. The van der Waals surface area contributed by atoms with Crippen molar-refractivity contribution in [1.82, 2.24) is 19.8 Å². The number of likely N-dealkylation sites (N-methyl/N-ethyl adjacent to an activating group) is 1. The average Bonchev–Trinajstić information content (AvgIpc) is 2.66. The highest BCUT2D eigenvalue weighted by molar-refractivity contribution is 5.77. The molecule has 0 spiro atoms. The van der Waals surface area contributed by atoms with Gasteiger partial charge in [0.2, 0.25) is 0 Å². The Hall–Kier alpha value is -2.50. The molecule has 0 bridgehead atoms. The Bertz CT molecular complexity index is 918. The Morgan fingerprint density at radius 2 is 1.77 bits per heavy atom. The molecule has 0 amide bonds. The molecule has 5 nitrogen and oxygen atoms in total. The Morgan fingerprint density at radius 1 is 1.08 bits per heavy atom. The summed E-state index contributed by atoms with van der Waals surface area (Å²) in [6.45, 7) is 3.88. The van der Waals surface area contributed by atoms with Crippen LogP contribution >= 0.6 is 0 Å². The Morgan fingerprint density at radius 3 is 2.46 bits per heavy atom. The zero-order valence-corrected chi connectivity index (χ0v) is 15.6. The van der Waals surface area contributed by atoms with Crippen LogP contribution in [0.2, 0.25) is 0 Å². The molecule has 1 aromatic heterocycles. The largest absolute Gasteiger partial charge is 0.308 e. The topological polar surface area (TPSA) is 50.2 Å². The molecule has 0 radical (unpaired) electrons. The molecule has 0 aliphatic heterocycles. The van der Waals surface area contributed by atoms with E-state index in [9.17, 15) is 4.79 Å². The highest BCUT2D eigenvalue weighted by Gasteiger charge is 2.19. The van der Waals surface area contributed by atoms with Gasteiger partial charge >= 0.3 is 0 Å². The van der Waals surface area contributed by atoms with Crippen LogP contribution in [0.25, 0.3) is 16.6 Å². The summed E-state index contributed by atoms with van der Waals surface area (Å²) < 4.78 is 1.75. The first-order valence-electron chi connectivity index (χ1n) is 9.07. The minimum atomic E-state index is -0.0235. The highest BCUT2D eigenvalue weighted by Crippen LogP contribution is 2.20. The van der Waals surface area contributed by atoms with Crippen LogP contribution in [-0.4, -0.2) is 41.6 Å². The van der Waals surface area contributed by atoms with Crippen LogP contribution in [0, 0.1) is 0 Å². The van der Waals surface area contributed by atoms with E-state index in [4.69, 9.17) is 4.98 Å². The van der Waals surface area contributed by atoms with E-state index < -0.39 is 0 Å². The number of hydrogen-bond donors (Lipinski definition) is 1. The highest BCUT2D eigenvalue weighted by atomic mass is 16.1. The molecule has 5 heteroatoms. The lowest BCUT2D eigenvalue weighted by molar-refractivity contribution is 0.376. The van der Waals surface area contributed by atoms with Crippen molar-refractivity contribution in [2.75, 3.05) is 27.2 Å². The van der Waals surface area contributed by atoms with Gasteiger partial charge in [-0.15, -0.1) is 0 Å². The zero-order valence-electron chi connectivity index (χ0n) is 15.6. The molecule has 2 aromatic carbocycles. The first kappa shape index (κ1) is 18.3. The zero-order chi connectivity index (χ0) is 18.5. The summed E-state index contributed by atoms with van der Waals surface area (Å²) >= 11 is 0. The van der Waals surface area contributed by atoms with Gasteiger partial charge in [0.1, 0.15) is 5.82 Å². The summed E-state index contributed by atoms with van der Waals surface area (Å²) in [6.07, 6.45) is 0.852. The van der Waals surface area contributed by atoms with E-state index in [0.717, 1.165) is 36.5 Å². The van der Waals surface area contributed by atoms with Gasteiger partial charge in [0.05, 0.1) is 22.6 Å². The quantitative estimate of drug-likeness (QED) is 0.712. The molecule has 1 N–H and O–H groups in total. The van der Waals surface area contributed by atoms with Crippen molar-refractivity contribution in [3.05, 3.63) is 70.8 Å². The van der Waals surface area contributed by atoms with Gasteiger partial charge in [-0.25, -0.2) is 4.98 Å². The molecule has 0 saturated heterocycles. The Labute approximate surface area is 154 Å². The van der Waals surface area contributed by atoms with Crippen LogP contribution in [0.4, 0.5) is 0 Å². The van der Waals surface area contributed by atoms with Gasteiger partial charge in [0.15, 0.2) is 0 Å². The first-order chi connectivity index (χ1) is 12.6. The van der Waals surface area contributed by atoms with E-state index in [1.807, 2.05) is 54.6 Å². The lowest BCUT2D eigenvalue weighted by Crippen LogP contribution is -2.34. The van der Waals surface area contributed by atoms with E-state index in [0.29, 0.717) is 5.39 Å². The third-order valence-corrected chi connectivity index (χ3v) is 4.49. The van der Waals surface area contributed by atoms with Crippen molar-refractivity contribution in [1.29, 1.82) is 0 Å². The molecule has 0 aliphatic carbocycles. The smallest absolute Gasteiger partial charge is 0.266 e. The summed E-state index contributed by atoms with van der Waals surface area (Å²) in [5.41, 5.74) is 1.57. The minimum absolute atomic E-state index is 0.00691. The van der Waals surface area contributed by atoms with Crippen LogP contribution in [0.3, 0.4) is 0 Å². The molecule has 0 fully saturated rings. The fourth-order valence-electron chi connectivity index (χ4n) is 3.09. The van der Waals surface area contributed by atoms with E-state index in [1.54, 1.807) is 4.57 Å². The molecule has 3 aromatic rings. The molecule has 1 atom stereocenters. The summed E-state index contributed by atoms with van der Waals surface area (Å²) in [5.74, 6) is 0.765. The normalized spacial score (nSPS) is 12.6. The molecular weight excluding hydrogens is 324 g/mol. The van der Waals surface area contributed by atoms with Crippen LogP contribution in [0.1, 0.15) is 25.2 Å². The number of aromatic nitrogens is 2. The van der Waals surface area contributed by atoms with E-state index in [1.165, 1.54) is 0 Å². The lowest BCUT2D eigenvalue weighted by Gasteiger charge is -2.22. The number of hydrogen-bond acceptors (Lipinski definition) is 4.